The van der Waals surface area contributed by atoms with Gasteiger partial charge in [0.2, 0.25) is 0 Å². The Hall–Kier alpha value is -1.13. The Bertz CT molecular complexity index is 373. The number of aromatic nitrogens is 1. The van der Waals surface area contributed by atoms with Crippen LogP contribution in [-0.2, 0) is 6.61 Å². The fourth-order valence-corrected chi connectivity index (χ4v) is 2.27. The van der Waals surface area contributed by atoms with Crippen LogP contribution in [0.25, 0.3) is 0 Å². The van der Waals surface area contributed by atoms with Crippen molar-refractivity contribution in [3.05, 3.63) is 23.4 Å². The maximum absolute atomic E-state index is 9.21. The van der Waals surface area contributed by atoms with Crippen LogP contribution in [0.1, 0.15) is 18.2 Å². The van der Waals surface area contributed by atoms with Gasteiger partial charge in [0, 0.05) is 31.9 Å². The maximum Gasteiger partial charge on any atom is 0.129 e. The summed E-state index contributed by atoms with van der Waals surface area (Å²) in [4.78, 5) is 9.30. The van der Waals surface area contributed by atoms with Gasteiger partial charge in [-0.25, -0.2) is 4.98 Å². The van der Waals surface area contributed by atoms with Crippen molar-refractivity contribution in [2.75, 3.05) is 37.6 Å². The molecule has 0 saturated carbocycles. The van der Waals surface area contributed by atoms with Crippen LogP contribution in [0.15, 0.2) is 12.1 Å². The molecule has 4 heteroatoms. The van der Waals surface area contributed by atoms with E-state index in [0.717, 1.165) is 49.8 Å². The lowest BCUT2D eigenvalue weighted by molar-refractivity contribution is 0.270. The average molecular weight is 235 g/mol. The number of likely N-dealkylation sites (N-methyl/N-ethyl adjacent to an activating group) is 1. The number of anilines is 1. The van der Waals surface area contributed by atoms with Gasteiger partial charge in [0.1, 0.15) is 5.82 Å². The van der Waals surface area contributed by atoms with Gasteiger partial charge in [-0.05, 0) is 31.2 Å². The second-order valence-electron chi connectivity index (χ2n) is 4.55. The van der Waals surface area contributed by atoms with Gasteiger partial charge in [-0.2, -0.15) is 0 Å². The van der Waals surface area contributed by atoms with E-state index in [1.54, 1.807) is 0 Å². The molecule has 0 unspecified atom stereocenters. The second kappa shape index (κ2) is 5.47. The standard InChI is InChI=1S/C13H21N3O/c1-3-15-4-6-16(7-5-15)13-9-12(10-17)8-11(2)14-13/h8-9,17H,3-7,10H2,1-2H3. The van der Waals surface area contributed by atoms with Crippen molar-refractivity contribution in [3.8, 4) is 0 Å². The minimum atomic E-state index is 0.0886. The van der Waals surface area contributed by atoms with Crippen LogP contribution in [0.5, 0.6) is 0 Å². The van der Waals surface area contributed by atoms with E-state index in [2.05, 4.69) is 21.7 Å². The normalized spacial score (nSPS) is 17.5. The number of aryl methyl sites for hydroxylation is 1. The lowest BCUT2D eigenvalue weighted by atomic mass is 10.2. The number of rotatable bonds is 3. The van der Waals surface area contributed by atoms with E-state index in [0.29, 0.717) is 0 Å². The van der Waals surface area contributed by atoms with E-state index < -0.39 is 0 Å². The molecule has 1 aliphatic rings. The van der Waals surface area contributed by atoms with Gasteiger partial charge in [0.15, 0.2) is 0 Å². The number of hydrogen-bond acceptors (Lipinski definition) is 4. The van der Waals surface area contributed by atoms with Crippen molar-refractivity contribution in [2.45, 2.75) is 20.5 Å². The number of piperazine rings is 1. The monoisotopic (exact) mass is 235 g/mol. The molecule has 1 aliphatic heterocycles. The van der Waals surface area contributed by atoms with Crippen LogP contribution in [0.2, 0.25) is 0 Å². The molecular weight excluding hydrogens is 214 g/mol. The van der Waals surface area contributed by atoms with Crippen molar-refractivity contribution in [3.63, 3.8) is 0 Å². The summed E-state index contributed by atoms with van der Waals surface area (Å²) < 4.78 is 0. The Balaban J connectivity index is 2.10. The summed E-state index contributed by atoms with van der Waals surface area (Å²) in [6.45, 7) is 9.63. The van der Waals surface area contributed by atoms with Crippen LogP contribution in [0, 0.1) is 6.92 Å². The van der Waals surface area contributed by atoms with Crippen molar-refractivity contribution in [1.82, 2.24) is 9.88 Å². The van der Waals surface area contributed by atoms with Gasteiger partial charge < -0.3 is 14.9 Å². The van der Waals surface area contributed by atoms with E-state index >= 15 is 0 Å². The summed E-state index contributed by atoms with van der Waals surface area (Å²) in [5, 5.41) is 9.21. The van der Waals surface area contributed by atoms with E-state index in [4.69, 9.17) is 0 Å². The Morgan fingerprint density at radius 3 is 2.53 bits per heavy atom. The first-order valence-electron chi connectivity index (χ1n) is 6.28. The Labute approximate surface area is 103 Å². The molecule has 2 heterocycles. The lowest BCUT2D eigenvalue weighted by Crippen LogP contribution is -2.46. The lowest BCUT2D eigenvalue weighted by Gasteiger charge is -2.35. The SMILES string of the molecule is CCN1CCN(c2cc(CO)cc(C)n2)CC1. The summed E-state index contributed by atoms with van der Waals surface area (Å²) in [6.07, 6.45) is 0. The van der Waals surface area contributed by atoms with Crippen LogP contribution in [0.3, 0.4) is 0 Å². The largest absolute Gasteiger partial charge is 0.392 e. The number of nitrogens with zero attached hydrogens (tertiary/aromatic N) is 3. The van der Waals surface area contributed by atoms with E-state index in [1.165, 1.54) is 0 Å². The van der Waals surface area contributed by atoms with E-state index in [1.807, 2.05) is 19.1 Å². The molecule has 1 aromatic heterocycles. The molecule has 0 spiro atoms. The van der Waals surface area contributed by atoms with Crippen molar-refractivity contribution in [2.24, 2.45) is 0 Å². The van der Waals surface area contributed by atoms with Crippen molar-refractivity contribution >= 4 is 5.82 Å². The fraction of sp³-hybridized carbons (Fsp3) is 0.615. The third-order valence-electron chi connectivity index (χ3n) is 3.33. The van der Waals surface area contributed by atoms with Gasteiger partial charge in [0.05, 0.1) is 6.61 Å². The van der Waals surface area contributed by atoms with Crippen LogP contribution in [-0.4, -0.2) is 47.7 Å². The maximum atomic E-state index is 9.21. The highest BCUT2D eigenvalue weighted by atomic mass is 16.3. The molecule has 0 bridgehead atoms. The van der Waals surface area contributed by atoms with Gasteiger partial charge in [0.25, 0.3) is 0 Å². The van der Waals surface area contributed by atoms with E-state index in [-0.39, 0.29) is 6.61 Å². The molecule has 0 radical (unpaired) electrons. The molecule has 17 heavy (non-hydrogen) atoms. The zero-order chi connectivity index (χ0) is 12.3. The fourth-order valence-electron chi connectivity index (χ4n) is 2.27. The first kappa shape index (κ1) is 12.3. The van der Waals surface area contributed by atoms with Crippen molar-refractivity contribution < 1.29 is 5.11 Å². The molecule has 1 fully saturated rings. The number of aliphatic hydroxyl groups excluding tert-OH is 1. The highest BCUT2D eigenvalue weighted by Crippen LogP contribution is 2.17. The molecular formula is C13H21N3O. The summed E-state index contributed by atoms with van der Waals surface area (Å²) >= 11 is 0. The number of aliphatic hydroxyl groups is 1. The molecule has 0 aromatic carbocycles. The third-order valence-corrected chi connectivity index (χ3v) is 3.33. The van der Waals surface area contributed by atoms with Crippen LogP contribution in [0.4, 0.5) is 5.82 Å². The number of hydrogen-bond donors (Lipinski definition) is 1. The molecule has 1 aromatic rings. The van der Waals surface area contributed by atoms with Gasteiger partial charge in [-0.15, -0.1) is 0 Å². The molecule has 0 amide bonds. The molecule has 1 saturated heterocycles. The topological polar surface area (TPSA) is 39.6 Å². The second-order valence-corrected chi connectivity index (χ2v) is 4.55. The first-order valence-corrected chi connectivity index (χ1v) is 6.28. The molecule has 1 N–H and O–H groups in total. The minimum Gasteiger partial charge on any atom is -0.392 e. The quantitative estimate of drug-likeness (QED) is 0.849. The first-order chi connectivity index (χ1) is 8.22. The predicted molar refractivity (Wildman–Crippen MR) is 69.2 cm³/mol. The summed E-state index contributed by atoms with van der Waals surface area (Å²) in [5.41, 5.74) is 1.93. The average Bonchev–Trinajstić information content (AvgIpc) is 2.38. The van der Waals surface area contributed by atoms with Crippen LogP contribution >= 0.6 is 0 Å². The summed E-state index contributed by atoms with van der Waals surface area (Å²) in [5.74, 6) is 1.00. The predicted octanol–water partition coefficient (Wildman–Crippen LogP) is 1.02. The Kier molecular flexibility index (Phi) is 3.97. The smallest absolute Gasteiger partial charge is 0.129 e. The minimum absolute atomic E-state index is 0.0886. The van der Waals surface area contributed by atoms with Gasteiger partial charge >= 0.3 is 0 Å². The highest BCUT2D eigenvalue weighted by molar-refractivity contribution is 5.43. The molecule has 4 nitrogen and oxygen atoms in total. The number of pyridine rings is 1. The zero-order valence-corrected chi connectivity index (χ0v) is 10.7. The van der Waals surface area contributed by atoms with Gasteiger partial charge in [-0.1, -0.05) is 6.92 Å². The van der Waals surface area contributed by atoms with Gasteiger partial charge in [-0.3, -0.25) is 0 Å². The molecule has 0 aliphatic carbocycles. The van der Waals surface area contributed by atoms with Crippen molar-refractivity contribution in [1.29, 1.82) is 0 Å². The Morgan fingerprint density at radius 2 is 1.94 bits per heavy atom. The zero-order valence-electron chi connectivity index (χ0n) is 10.7. The Morgan fingerprint density at radius 1 is 1.24 bits per heavy atom. The van der Waals surface area contributed by atoms with E-state index in [9.17, 15) is 5.11 Å². The van der Waals surface area contributed by atoms with Crippen LogP contribution < -0.4 is 4.90 Å². The molecule has 94 valence electrons. The highest BCUT2D eigenvalue weighted by Gasteiger charge is 2.17. The molecule has 2 rings (SSSR count). The summed E-state index contributed by atoms with van der Waals surface area (Å²) in [7, 11) is 0. The molecule has 0 atom stereocenters. The summed E-state index contributed by atoms with van der Waals surface area (Å²) in [6, 6.07) is 3.93. The third kappa shape index (κ3) is 2.96.